The number of halogens is 2. The molecule has 3 rings (SSSR count). The zero-order chi connectivity index (χ0) is 21.0. The summed E-state index contributed by atoms with van der Waals surface area (Å²) < 4.78 is 19.8. The summed E-state index contributed by atoms with van der Waals surface area (Å²) in [5, 5.41) is 14.2. The molecular weight excluding hydrogens is 393 g/mol. The van der Waals surface area contributed by atoms with Gasteiger partial charge in [0.25, 0.3) is 0 Å². The Hall–Kier alpha value is -3.43. The quantitative estimate of drug-likeness (QED) is 0.332. The molecule has 29 heavy (non-hydrogen) atoms. The fourth-order valence-corrected chi connectivity index (χ4v) is 3.16. The van der Waals surface area contributed by atoms with Gasteiger partial charge in [0.1, 0.15) is 28.4 Å². The highest BCUT2D eigenvalue weighted by atomic mass is 35.5. The number of carbonyl (C=O) groups is 1. The van der Waals surface area contributed by atoms with Crippen molar-refractivity contribution in [1.82, 2.24) is 9.78 Å². The number of carbonyl (C=O) groups excluding carboxylic acids is 1. The number of ketones is 1. The van der Waals surface area contributed by atoms with Crippen LogP contribution in [0.25, 0.3) is 6.08 Å². The average molecular weight is 410 g/mol. The number of allylic oxidation sites excluding steroid dienone is 1. The Morgan fingerprint density at radius 1 is 1.28 bits per heavy atom. The third kappa shape index (κ3) is 4.36. The Bertz CT molecular complexity index is 1130. The second kappa shape index (κ2) is 8.72. The Morgan fingerprint density at radius 3 is 2.62 bits per heavy atom. The topological polar surface area (TPSA) is 67.9 Å². The van der Waals surface area contributed by atoms with E-state index in [1.54, 1.807) is 48.0 Å². The number of aromatic nitrogens is 2. The minimum atomic E-state index is -0.466. The van der Waals surface area contributed by atoms with Gasteiger partial charge in [0, 0.05) is 5.56 Å². The van der Waals surface area contributed by atoms with Crippen LogP contribution in [0.4, 0.5) is 4.39 Å². The number of hydrogen-bond donors (Lipinski definition) is 0. The van der Waals surface area contributed by atoms with Crippen LogP contribution in [0, 0.1) is 24.1 Å². The molecule has 0 bridgehead atoms. The van der Waals surface area contributed by atoms with Crippen molar-refractivity contribution in [1.29, 1.82) is 5.26 Å². The van der Waals surface area contributed by atoms with Gasteiger partial charge >= 0.3 is 0 Å². The first-order valence-electron chi connectivity index (χ1n) is 8.71. The molecule has 1 aromatic heterocycles. The molecule has 0 fully saturated rings. The van der Waals surface area contributed by atoms with Crippen molar-refractivity contribution in [3.63, 3.8) is 0 Å². The molecule has 0 aliphatic rings. The first-order chi connectivity index (χ1) is 13.9. The van der Waals surface area contributed by atoms with Crippen LogP contribution in [-0.2, 0) is 6.54 Å². The van der Waals surface area contributed by atoms with E-state index in [1.807, 2.05) is 6.07 Å². The Morgan fingerprint density at radius 2 is 1.97 bits per heavy atom. The predicted molar refractivity (Wildman–Crippen MR) is 108 cm³/mol. The molecule has 0 N–H and O–H groups in total. The molecule has 7 heteroatoms. The average Bonchev–Trinajstić information content (AvgIpc) is 3.00. The molecule has 0 amide bonds. The van der Waals surface area contributed by atoms with Gasteiger partial charge in [-0.3, -0.25) is 4.79 Å². The van der Waals surface area contributed by atoms with E-state index in [1.165, 1.54) is 25.3 Å². The first kappa shape index (κ1) is 20.3. The number of methoxy groups -OCH3 is 1. The normalized spacial score (nSPS) is 11.2. The summed E-state index contributed by atoms with van der Waals surface area (Å²) in [5.41, 5.74) is 2.07. The van der Waals surface area contributed by atoms with Crippen molar-refractivity contribution in [3.8, 4) is 11.8 Å². The molecule has 0 atom stereocenters. The van der Waals surface area contributed by atoms with Crippen molar-refractivity contribution in [2.75, 3.05) is 7.11 Å². The number of nitriles is 1. The molecule has 146 valence electrons. The van der Waals surface area contributed by atoms with Crippen molar-refractivity contribution in [2.45, 2.75) is 13.5 Å². The van der Waals surface area contributed by atoms with E-state index in [2.05, 4.69) is 5.10 Å². The number of hydrogen-bond acceptors (Lipinski definition) is 4. The summed E-state index contributed by atoms with van der Waals surface area (Å²) in [6.07, 6.45) is 1.43. The fourth-order valence-electron chi connectivity index (χ4n) is 2.87. The second-order valence-electron chi connectivity index (χ2n) is 6.27. The molecule has 1 heterocycles. The summed E-state index contributed by atoms with van der Waals surface area (Å²) in [6, 6.07) is 14.6. The van der Waals surface area contributed by atoms with E-state index in [9.17, 15) is 14.4 Å². The summed E-state index contributed by atoms with van der Waals surface area (Å²) in [5.74, 6) is -0.409. The fraction of sp³-hybridized carbons (Fsp3) is 0.136. The molecule has 0 radical (unpaired) electrons. The van der Waals surface area contributed by atoms with Gasteiger partial charge in [0.05, 0.1) is 24.9 Å². The third-order valence-electron chi connectivity index (χ3n) is 4.36. The largest absolute Gasteiger partial charge is 0.496 e. The maximum Gasteiger partial charge on any atom is 0.207 e. The van der Waals surface area contributed by atoms with Crippen LogP contribution >= 0.6 is 11.6 Å². The summed E-state index contributed by atoms with van der Waals surface area (Å²) in [6.45, 7) is 2.07. The number of nitrogens with zero attached hydrogens (tertiary/aromatic N) is 3. The molecule has 0 aliphatic heterocycles. The van der Waals surface area contributed by atoms with Crippen molar-refractivity contribution in [3.05, 3.63) is 87.5 Å². The minimum Gasteiger partial charge on any atom is -0.496 e. The lowest BCUT2D eigenvalue weighted by Crippen LogP contribution is -2.04. The number of ether oxygens (including phenoxy) is 1. The van der Waals surface area contributed by atoms with Crippen molar-refractivity contribution >= 4 is 23.5 Å². The molecule has 0 aliphatic carbocycles. The Kier molecular flexibility index (Phi) is 6.10. The molecule has 5 nitrogen and oxygen atoms in total. The van der Waals surface area contributed by atoms with Crippen LogP contribution < -0.4 is 4.74 Å². The van der Waals surface area contributed by atoms with E-state index in [-0.39, 0.29) is 22.1 Å². The molecule has 0 saturated carbocycles. The summed E-state index contributed by atoms with van der Waals surface area (Å²) in [4.78, 5) is 12.8. The third-order valence-corrected chi connectivity index (χ3v) is 4.76. The number of Topliss-reactive ketones (excluding diaryl/α,β-unsaturated/α-hetero) is 1. The molecule has 2 aromatic carbocycles. The predicted octanol–water partition coefficient (Wildman–Crippen LogP) is 4.83. The van der Waals surface area contributed by atoms with Crippen molar-refractivity contribution < 1.29 is 13.9 Å². The van der Waals surface area contributed by atoms with Gasteiger partial charge in [-0.25, -0.2) is 9.07 Å². The number of aryl methyl sites for hydroxylation is 1. The van der Waals surface area contributed by atoms with Gasteiger partial charge in [0.2, 0.25) is 5.78 Å². The summed E-state index contributed by atoms with van der Waals surface area (Å²) >= 11 is 6.46. The lowest BCUT2D eigenvalue weighted by molar-refractivity contribution is 0.103. The van der Waals surface area contributed by atoms with Gasteiger partial charge in [-0.1, -0.05) is 35.9 Å². The highest BCUT2D eigenvalue weighted by Crippen LogP contribution is 2.26. The maximum atomic E-state index is 13.1. The van der Waals surface area contributed by atoms with E-state index < -0.39 is 5.78 Å². The monoisotopic (exact) mass is 409 g/mol. The minimum absolute atomic E-state index is 0.0826. The Balaban J connectivity index is 1.96. The molecule has 0 spiro atoms. The second-order valence-corrected chi connectivity index (χ2v) is 6.63. The maximum absolute atomic E-state index is 13.1. The molecule has 0 saturated heterocycles. The van der Waals surface area contributed by atoms with Crippen LogP contribution in [-0.4, -0.2) is 22.7 Å². The number of benzene rings is 2. The van der Waals surface area contributed by atoms with Gasteiger partial charge in [-0.05, 0) is 42.8 Å². The van der Waals surface area contributed by atoms with Crippen LogP contribution in [0.15, 0.2) is 54.1 Å². The van der Waals surface area contributed by atoms with Crippen LogP contribution in [0.3, 0.4) is 0 Å². The van der Waals surface area contributed by atoms with Gasteiger partial charge in [-0.15, -0.1) is 0 Å². The standard InChI is InChI=1S/C22H17ClFN3O2/c1-14-19(22(23)27(26-14)13-15-7-9-17(24)10-8-15)11-16(12-25)21(28)18-5-3-4-6-20(18)29-2/h3-11H,13H2,1-2H3/b16-11+. The summed E-state index contributed by atoms with van der Waals surface area (Å²) in [7, 11) is 1.46. The molecular formula is C22H17ClFN3O2. The Labute approximate surface area is 172 Å². The van der Waals surface area contributed by atoms with Crippen LogP contribution in [0.1, 0.15) is 27.2 Å². The van der Waals surface area contributed by atoms with Crippen LogP contribution in [0.2, 0.25) is 5.15 Å². The highest BCUT2D eigenvalue weighted by molar-refractivity contribution is 6.31. The van der Waals surface area contributed by atoms with E-state index >= 15 is 0 Å². The smallest absolute Gasteiger partial charge is 0.207 e. The van der Waals surface area contributed by atoms with E-state index in [0.29, 0.717) is 23.6 Å². The lowest BCUT2D eigenvalue weighted by Gasteiger charge is -2.06. The van der Waals surface area contributed by atoms with Gasteiger partial charge < -0.3 is 4.74 Å². The zero-order valence-corrected chi connectivity index (χ0v) is 16.6. The number of para-hydroxylation sites is 1. The van der Waals surface area contributed by atoms with Crippen LogP contribution in [0.5, 0.6) is 5.75 Å². The van der Waals surface area contributed by atoms with Crippen molar-refractivity contribution in [2.24, 2.45) is 0 Å². The highest BCUT2D eigenvalue weighted by Gasteiger charge is 2.19. The first-order valence-corrected chi connectivity index (χ1v) is 9.09. The molecule has 0 unspecified atom stereocenters. The lowest BCUT2D eigenvalue weighted by atomic mass is 10.0. The molecule has 3 aromatic rings. The zero-order valence-electron chi connectivity index (χ0n) is 15.8. The van der Waals surface area contributed by atoms with E-state index in [0.717, 1.165) is 5.56 Å². The SMILES string of the molecule is COc1ccccc1C(=O)/C(C#N)=C/c1c(C)nn(Cc2ccc(F)cc2)c1Cl. The van der Waals surface area contributed by atoms with E-state index in [4.69, 9.17) is 16.3 Å². The van der Waals surface area contributed by atoms with Gasteiger partial charge in [0.15, 0.2) is 0 Å². The number of rotatable bonds is 6. The van der Waals surface area contributed by atoms with Gasteiger partial charge in [-0.2, -0.15) is 10.4 Å².